The molecule has 50 heavy (non-hydrogen) atoms. The quantitative estimate of drug-likeness (QED) is 0.158. The molecule has 0 bridgehead atoms. The van der Waals surface area contributed by atoms with Crippen molar-refractivity contribution in [3.8, 4) is 0 Å². The summed E-state index contributed by atoms with van der Waals surface area (Å²) in [6.45, 7) is 5.74. The Hall–Kier alpha value is -3.58. The number of hydrogen-bond donors (Lipinski definition) is 4. The minimum Gasteiger partial charge on any atom is -0.756 e. The first kappa shape index (κ1) is 39.2. The zero-order chi connectivity index (χ0) is 36.4. The number of hydrogen-bond acceptors (Lipinski definition) is 8. The van der Waals surface area contributed by atoms with Crippen LogP contribution in [0, 0.1) is 5.92 Å². The number of amides is 4. The Morgan fingerprint density at radius 3 is 2.46 bits per heavy atom. The third-order valence-corrected chi connectivity index (χ3v) is 10.4. The van der Waals surface area contributed by atoms with Gasteiger partial charge < -0.3 is 39.7 Å². The van der Waals surface area contributed by atoms with Crippen LogP contribution in [0.3, 0.4) is 0 Å². The fourth-order valence-electron chi connectivity index (χ4n) is 6.77. The highest BCUT2D eigenvalue weighted by molar-refractivity contribution is 7.44. The Morgan fingerprint density at radius 2 is 1.74 bits per heavy atom. The number of nitrogens with one attached hydrogen (secondary N) is 3. The largest absolute Gasteiger partial charge is 0.756 e. The second kappa shape index (κ2) is 18.1. The van der Waals surface area contributed by atoms with Gasteiger partial charge in [-0.05, 0) is 49.7 Å². The van der Waals surface area contributed by atoms with Gasteiger partial charge in [0.2, 0.25) is 23.6 Å². The lowest BCUT2D eigenvalue weighted by Crippen LogP contribution is -2.64. The molecule has 2 aliphatic rings. The third kappa shape index (κ3) is 10.5. The van der Waals surface area contributed by atoms with Crippen LogP contribution >= 0.6 is 7.82 Å². The monoisotopic (exact) mass is 716 g/mol. The van der Waals surface area contributed by atoms with E-state index in [0.717, 1.165) is 23.7 Å². The number of piperidine rings is 1. The van der Waals surface area contributed by atoms with Crippen LogP contribution in [0.1, 0.15) is 90.5 Å². The molecule has 14 nitrogen and oxygen atoms in total. The molecule has 1 aromatic heterocycles. The van der Waals surface area contributed by atoms with Crippen molar-refractivity contribution in [3.63, 3.8) is 0 Å². The number of rotatable bonds is 15. The summed E-state index contributed by atoms with van der Waals surface area (Å²) in [5, 5.41) is 9.49. The van der Waals surface area contributed by atoms with Crippen LogP contribution in [0.25, 0.3) is 10.9 Å². The Kier molecular flexibility index (Phi) is 14.2. The van der Waals surface area contributed by atoms with E-state index < -0.39 is 49.7 Å². The SMILES string of the molecule is CCC(=O)CCCCC[C@@H]1NC(=O)C2CCCCN2C(=O)[C@H](C(C)CC)NC(=O)[C@H](Cc2cn(CCOP(=O)([O-])O)c3ccccc23)NC1=O. The van der Waals surface area contributed by atoms with E-state index in [9.17, 15) is 33.4 Å². The molecule has 3 heterocycles. The van der Waals surface area contributed by atoms with Crippen LogP contribution in [-0.4, -0.2) is 81.1 Å². The second-order valence-electron chi connectivity index (χ2n) is 13.4. The molecule has 4 N–H and O–H groups in total. The van der Waals surface area contributed by atoms with Crippen LogP contribution in [0.2, 0.25) is 0 Å². The van der Waals surface area contributed by atoms with E-state index in [1.165, 1.54) is 0 Å². The number of aromatic nitrogens is 1. The summed E-state index contributed by atoms with van der Waals surface area (Å²) in [6.07, 6.45) is 7.41. The van der Waals surface area contributed by atoms with E-state index in [-0.39, 0.29) is 43.6 Å². The van der Waals surface area contributed by atoms with Gasteiger partial charge in [-0.3, -0.25) is 28.5 Å². The number of phosphoric ester groups is 1. The maximum atomic E-state index is 14.2. The first-order valence-electron chi connectivity index (χ1n) is 17.8. The van der Waals surface area contributed by atoms with Crippen LogP contribution < -0.4 is 20.8 Å². The maximum Gasteiger partial charge on any atom is 0.265 e. The van der Waals surface area contributed by atoms with Gasteiger partial charge in [0.1, 0.15) is 30.0 Å². The average Bonchev–Trinajstić information content (AvgIpc) is 3.44. The van der Waals surface area contributed by atoms with Crippen LogP contribution in [0.5, 0.6) is 0 Å². The molecule has 2 aromatic rings. The lowest BCUT2D eigenvalue weighted by Gasteiger charge is -2.39. The Balaban J connectivity index is 1.66. The summed E-state index contributed by atoms with van der Waals surface area (Å²) >= 11 is 0. The van der Waals surface area contributed by atoms with Crippen molar-refractivity contribution in [2.45, 2.75) is 122 Å². The first-order valence-corrected chi connectivity index (χ1v) is 19.3. The summed E-state index contributed by atoms with van der Waals surface area (Å²) < 4.78 is 17.5. The van der Waals surface area contributed by atoms with Gasteiger partial charge in [0.05, 0.1) is 6.61 Å². The lowest BCUT2D eigenvalue weighted by molar-refractivity contribution is -0.220. The molecule has 2 aliphatic heterocycles. The number of fused-ring (bicyclic) bond motifs is 2. The van der Waals surface area contributed by atoms with E-state index in [2.05, 4.69) is 20.5 Å². The fourth-order valence-corrected chi connectivity index (χ4v) is 7.08. The van der Waals surface area contributed by atoms with Crippen LogP contribution in [0.4, 0.5) is 0 Å². The zero-order valence-electron chi connectivity index (χ0n) is 29.2. The Bertz CT molecular complexity index is 1570. The summed E-state index contributed by atoms with van der Waals surface area (Å²) in [6, 6.07) is 3.51. The number of carbonyl (C=O) groups excluding carboxylic acids is 5. The first-order chi connectivity index (χ1) is 23.8. The molecule has 4 rings (SSSR count). The van der Waals surface area contributed by atoms with Gasteiger partial charge >= 0.3 is 0 Å². The van der Waals surface area contributed by atoms with E-state index in [1.54, 1.807) is 21.7 Å². The molecule has 0 spiro atoms. The van der Waals surface area contributed by atoms with Crippen molar-refractivity contribution in [1.29, 1.82) is 0 Å². The lowest BCUT2D eigenvalue weighted by atomic mass is 9.93. The summed E-state index contributed by atoms with van der Waals surface area (Å²) in [5.41, 5.74) is 1.39. The molecule has 0 saturated carbocycles. The molecule has 0 radical (unpaired) electrons. The van der Waals surface area contributed by atoms with Crippen molar-refractivity contribution in [2.24, 2.45) is 5.92 Å². The molecule has 0 aliphatic carbocycles. The number of Topliss-reactive ketones (excluding diaryl/α,β-unsaturated/α-hetero) is 1. The van der Waals surface area contributed by atoms with Gasteiger partial charge in [0.15, 0.2) is 0 Å². The van der Waals surface area contributed by atoms with E-state index in [0.29, 0.717) is 57.1 Å². The Labute approximate surface area is 293 Å². The highest BCUT2D eigenvalue weighted by Crippen LogP contribution is 2.30. The van der Waals surface area contributed by atoms with Crippen LogP contribution in [-0.2, 0) is 46.0 Å². The predicted octanol–water partition coefficient (Wildman–Crippen LogP) is 2.49. The molecule has 4 amide bonds. The van der Waals surface area contributed by atoms with Gasteiger partial charge in [-0.1, -0.05) is 58.2 Å². The van der Waals surface area contributed by atoms with E-state index >= 15 is 0 Å². The zero-order valence-corrected chi connectivity index (χ0v) is 30.1. The van der Waals surface area contributed by atoms with Gasteiger partial charge in [-0.25, -0.2) is 0 Å². The van der Waals surface area contributed by atoms with Gasteiger partial charge in [0.25, 0.3) is 7.82 Å². The van der Waals surface area contributed by atoms with Crippen molar-refractivity contribution < 1.29 is 42.8 Å². The normalized spacial score (nSPS) is 23.9. The fraction of sp³-hybridized carbons (Fsp3) is 0.629. The average molecular weight is 717 g/mol. The number of nitrogens with zero attached hydrogens (tertiary/aromatic N) is 2. The smallest absolute Gasteiger partial charge is 0.265 e. The second-order valence-corrected chi connectivity index (χ2v) is 14.6. The summed E-state index contributed by atoms with van der Waals surface area (Å²) in [7, 11) is -4.92. The molecule has 2 saturated heterocycles. The van der Waals surface area contributed by atoms with Crippen molar-refractivity contribution in [1.82, 2.24) is 25.4 Å². The highest BCUT2D eigenvalue weighted by Gasteiger charge is 2.41. The van der Waals surface area contributed by atoms with Crippen molar-refractivity contribution in [2.75, 3.05) is 13.2 Å². The number of benzene rings is 1. The maximum absolute atomic E-state index is 14.2. The number of carbonyl (C=O) groups is 5. The predicted molar refractivity (Wildman–Crippen MR) is 184 cm³/mol. The van der Waals surface area contributed by atoms with E-state index in [1.807, 2.05) is 39.0 Å². The highest BCUT2D eigenvalue weighted by atomic mass is 31.2. The molecule has 1 aromatic carbocycles. The summed E-state index contributed by atoms with van der Waals surface area (Å²) in [5.74, 6) is -1.88. The topological polar surface area (TPSA) is 199 Å². The van der Waals surface area contributed by atoms with Crippen molar-refractivity contribution in [3.05, 3.63) is 36.0 Å². The minimum atomic E-state index is -4.92. The third-order valence-electron chi connectivity index (χ3n) is 9.86. The molecular weight excluding hydrogens is 665 g/mol. The van der Waals surface area contributed by atoms with Crippen molar-refractivity contribution >= 4 is 48.1 Å². The van der Waals surface area contributed by atoms with Gasteiger partial charge in [-0.15, -0.1) is 0 Å². The number of para-hydroxylation sites is 1. The summed E-state index contributed by atoms with van der Waals surface area (Å²) in [4.78, 5) is 89.6. The molecule has 2 fully saturated rings. The van der Waals surface area contributed by atoms with E-state index in [4.69, 9.17) is 4.89 Å². The molecule has 15 heteroatoms. The number of ketones is 1. The van der Waals surface area contributed by atoms with Crippen LogP contribution in [0.15, 0.2) is 30.5 Å². The Morgan fingerprint density at radius 1 is 1.02 bits per heavy atom. The molecular formula is C35H51N5O9P-. The van der Waals surface area contributed by atoms with Gasteiger partial charge in [-0.2, -0.15) is 0 Å². The number of phosphoric acid groups is 1. The van der Waals surface area contributed by atoms with Gasteiger partial charge in [0, 0.05) is 49.5 Å². The minimum absolute atomic E-state index is 0.0273. The standard InChI is InChI=1S/C35H52N5O9P/c1-4-23(3)31-35(45)40-18-12-11-17-30(40)34(44)36-27(15-8-6-7-13-25(41)5-2)32(42)37-28(33(43)38-31)21-24-22-39(19-20-49-50(46,47)48)29-16-10-9-14-26(24)29/h9-10,14,16,22-23,27-28,30-31H,4-8,11-13,15,17-21H2,1-3H3,(H,36,44)(H,37,42)(H,38,43)(H2,46,47,48)/p-1/t23?,27-,28-,30?,31-/m0/s1. The molecule has 276 valence electrons. The molecule has 6 atom stereocenters. The number of unbranched alkanes of at least 4 members (excludes halogenated alkanes) is 2. The molecule has 3 unspecified atom stereocenters.